The molecule has 0 aliphatic heterocycles. The Morgan fingerprint density at radius 2 is 1.43 bits per heavy atom. The standard InChI is InChI=1S/C31H39.C13H10.2ClH.Zr/c1-6-13-26-28(14-7-2)31(10-5,19-8-3)30(23-15-11-12-16-23)27-21-24-20-22(9-4)17-18-25(24)29(26)27;1-3-7-12(8-4-1)11-13-9-5-2-6-10-13;;;/h11-12,15,17-18,20H,6-10,13-14,16,19H2,1-5H3;1-10H;2*1H;/q-1;;;;+2/p-2. The van der Waals surface area contributed by atoms with Crippen LogP contribution in [0.25, 0.3) is 11.6 Å². The number of hydrogen-bond acceptors (Lipinski definition) is 0. The average Bonchev–Trinajstić information content (AvgIpc) is 3.75. The van der Waals surface area contributed by atoms with Gasteiger partial charge in [-0.1, -0.05) is 112 Å². The molecule has 0 bridgehead atoms. The quantitative estimate of drug-likeness (QED) is 0.260. The van der Waals surface area contributed by atoms with Crippen LogP contribution < -0.4 is 35.3 Å². The van der Waals surface area contributed by atoms with E-state index in [9.17, 15) is 0 Å². The van der Waals surface area contributed by atoms with E-state index in [0.29, 0.717) is 0 Å². The molecule has 1 atom stereocenters. The minimum atomic E-state index is 0. The summed E-state index contributed by atoms with van der Waals surface area (Å²) >= 11 is 1.46. The van der Waals surface area contributed by atoms with E-state index >= 15 is 0 Å². The maximum atomic E-state index is 3.98. The van der Waals surface area contributed by atoms with Crippen molar-refractivity contribution in [3.05, 3.63) is 152 Å². The van der Waals surface area contributed by atoms with Gasteiger partial charge in [0.25, 0.3) is 0 Å². The van der Waals surface area contributed by atoms with Crippen LogP contribution in [-0.2, 0) is 30.7 Å². The fraction of sp³-hybridized carbons (Fsp3) is 0.341. The van der Waals surface area contributed by atoms with Crippen LogP contribution in [0.1, 0.15) is 103 Å². The van der Waals surface area contributed by atoms with Gasteiger partial charge in [-0.15, -0.1) is 33.7 Å². The van der Waals surface area contributed by atoms with Gasteiger partial charge in [-0.25, -0.2) is 0 Å². The maximum absolute atomic E-state index is 3.98. The summed E-state index contributed by atoms with van der Waals surface area (Å²) in [5.41, 5.74) is 13.7. The number of rotatable bonds is 11. The summed E-state index contributed by atoms with van der Waals surface area (Å²) in [6, 6.07) is 28.2. The molecule has 0 aromatic heterocycles. The van der Waals surface area contributed by atoms with Crippen LogP contribution in [0.2, 0.25) is 0 Å². The Kier molecular flexibility index (Phi) is 15.4. The van der Waals surface area contributed by atoms with E-state index in [4.69, 9.17) is 0 Å². The summed E-state index contributed by atoms with van der Waals surface area (Å²) in [5.74, 6) is 0. The zero-order valence-electron chi connectivity index (χ0n) is 28.9. The third kappa shape index (κ3) is 8.12. The van der Waals surface area contributed by atoms with Crippen molar-refractivity contribution in [2.75, 3.05) is 0 Å². The summed E-state index contributed by atoms with van der Waals surface area (Å²) in [7, 11) is 0. The Morgan fingerprint density at radius 3 is 1.94 bits per heavy atom. The van der Waals surface area contributed by atoms with Crippen molar-refractivity contribution in [2.24, 2.45) is 5.41 Å². The number of hydrogen-bond donors (Lipinski definition) is 0. The Morgan fingerprint density at radius 1 is 0.787 bits per heavy atom. The monoisotopic (exact) mass is 737 g/mol. The number of benzene rings is 3. The van der Waals surface area contributed by atoms with Crippen molar-refractivity contribution in [3.8, 4) is 0 Å². The molecule has 0 amide bonds. The van der Waals surface area contributed by atoms with E-state index in [-0.39, 0.29) is 30.2 Å². The predicted molar refractivity (Wildman–Crippen MR) is 191 cm³/mol. The zero-order chi connectivity index (χ0) is 31.8. The Bertz CT molecular complexity index is 1730. The normalized spacial score (nSPS) is 17.5. The molecule has 47 heavy (non-hydrogen) atoms. The third-order valence-electron chi connectivity index (χ3n) is 9.74. The second-order valence-corrected chi connectivity index (χ2v) is 13.8. The van der Waals surface area contributed by atoms with Crippen LogP contribution in [0.15, 0.2) is 125 Å². The van der Waals surface area contributed by atoms with Crippen LogP contribution in [0, 0.1) is 5.41 Å². The number of halogens is 2. The van der Waals surface area contributed by atoms with E-state index in [1.165, 1.54) is 116 Å². The molecular weight excluding hydrogens is 691 g/mol. The minimum absolute atomic E-state index is 0. The molecule has 3 aliphatic rings. The van der Waals surface area contributed by atoms with E-state index in [2.05, 4.69) is 138 Å². The first-order chi connectivity index (χ1) is 22.0. The second-order valence-electron chi connectivity index (χ2n) is 12.6. The SMILES string of the molecule is CCCC1=C(CCC)C(CC)(CCC)C(C2=CC=CC2)=C2[C-]=c3cc(CC)ccc3=C21.[Cl-].[Cl-].[Zr+2]=[C](c1ccccc1)c1ccccc1. The van der Waals surface area contributed by atoms with Crippen molar-refractivity contribution in [1.82, 2.24) is 0 Å². The van der Waals surface area contributed by atoms with Crippen LogP contribution in [0.4, 0.5) is 0 Å². The third-order valence-corrected chi connectivity index (χ3v) is 11.2. The van der Waals surface area contributed by atoms with Gasteiger partial charge in [-0.3, -0.25) is 0 Å². The van der Waals surface area contributed by atoms with Crippen molar-refractivity contribution in [2.45, 2.75) is 92.4 Å². The summed E-state index contributed by atoms with van der Waals surface area (Å²) < 4.78 is 1.42. The van der Waals surface area contributed by atoms with Crippen LogP contribution in [-0.4, -0.2) is 3.21 Å². The molecule has 0 fully saturated rings. The number of allylic oxidation sites excluding steroid dienone is 8. The molecule has 3 heteroatoms. The fourth-order valence-corrected chi connectivity index (χ4v) is 8.53. The van der Waals surface area contributed by atoms with Gasteiger partial charge in [-0.2, -0.15) is 0 Å². The molecule has 3 aromatic carbocycles. The van der Waals surface area contributed by atoms with Gasteiger partial charge in [0.15, 0.2) is 0 Å². The van der Waals surface area contributed by atoms with Crippen LogP contribution in [0.3, 0.4) is 0 Å². The summed E-state index contributed by atoms with van der Waals surface area (Å²) in [6.07, 6.45) is 21.6. The van der Waals surface area contributed by atoms with Gasteiger partial charge >= 0.3 is 99.2 Å². The molecule has 1 unspecified atom stereocenters. The van der Waals surface area contributed by atoms with E-state index in [1.54, 1.807) is 16.7 Å². The van der Waals surface area contributed by atoms with Crippen LogP contribution in [0.5, 0.6) is 0 Å². The van der Waals surface area contributed by atoms with Crippen LogP contribution >= 0.6 is 0 Å². The molecule has 0 heterocycles. The van der Waals surface area contributed by atoms with Gasteiger partial charge in [0.1, 0.15) is 0 Å². The first kappa shape index (κ1) is 39.1. The molecule has 0 saturated heterocycles. The van der Waals surface area contributed by atoms with Crippen molar-refractivity contribution >= 4 is 14.9 Å². The summed E-state index contributed by atoms with van der Waals surface area (Å²) in [6.45, 7) is 11.8. The molecule has 244 valence electrons. The average molecular weight is 740 g/mol. The molecular formula is C44H49Cl2Zr-. The second kappa shape index (κ2) is 18.5. The zero-order valence-corrected chi connectivity index (χ0v) is 32.8. The predicted octanol–water partition coefficient (Wildman–Crippen LogP) is 4.17. The first-order valence-corrected chi connectivity index (χ1v) is 18.6. The summed E-state index contributed by atoms with van der Waals surface area (Å²) in [5, 5.41) is 2.75. The molecule has 3 aromatic rings. The molecule has 3 aliphatic carbocycles. The van der Waals surface area contributed by atoms with E-state index < -0.39 is 0 Å². The van der Waals surface area contributed by atoms with Crippen molar-refractivity contribution < 1.29 is 49.0 Å². The van der Waals surface area contributed by atoms with Gasteiger partial charge in [0.2, 0.25) is 0 Å². The Labute approximate surface area is 311 Å². The van der Waals surface area contributed by atoms with Crippen molar-refractivity contribution in [3.63, 3.8) is 0 Å². The molecule has 0 nitrogen and oxygen atoms in total. The fourth-order valence-electron chi connectivity index (χ4n) is 7.71. The van der Waals surface area contributed by atoms with Gasteiger partial charge in [-0.05, 0) is 43.9 Å². The Balaban J connectivity index is 0.000000316. The molecule has 6 rings (SSSR count). The van der Waals surface area contributed by atoms with E-state index in [0.717, 1.165) is 12.8 Å². The van der Waals surface area contributed by atoms with Gasteiger partial charge in [0, 0.05) is 0 Å². The van der Waals surface area contributed by atoms with Crippen molar-refractivity contribution in [1.29, 1.82) is 0 Å². The van der Waals surface area contributed by atoms with Gasteiger partial charge in [0.05, 0.1) is 0 Å². The van der Waals surface area contributed by atoms with E-state index in [1.807, 2.05) is 0 Å². The first-order valence-electron chi connectivity index (χ1n) is 17.3. The topological polar surface area (TPSA) is 0 Å². The molecule has 0 saturated carbocycles. The molecule has 0 N–H and O–H groups in total. The molecule has 0 spiro atoms. The number of aryl methyl sites for hydroxylation is 1. The number of fused-ring (bicyclic) bond motifs is 2. The Hall–Kier alpha value is -2.31. The van der Waals surface area contributed by atoms with Gasteiger partial charge < -0.3 is 24.8 Å². The molecule has 0 radical (unpaired) electrons. The summed E-state index contributed by atoms with van der Waals surface area (Å²) in [4.78, 5) is 0.